The Balaban J connectivity index is 1.64. The van der Waals surface area contributed by atoms with Crippen LogP contribution in [0.5, 0.6) is 5.75 Å². The van der Waals surface area contributed by atoms with Gasteiger partial charge in [-0.25, -0.2) is 0 Å². The number of aryl methyl sites for hydroxylation is 1. The standard InChI is InChI=1S/C21H23NO4/c1-15-9-11-16(12-10-15)20(23)21(24)22-18-7-2-3-8-19(18)26-14-17-6-4-5-13-25-17/h2-3,7-12,17H,4-6,13-14H2,1H3,(H,22,24)/t17-/m0/s1. The molecular formula is C21H23NO4. The Morgan fingerprint density at radius 2 is 1.88 bits per heavy atom. The molecule has 1 atom stereocenters. The number of para-hydroxylation sites is 2. The molecule has 0 spiro atoms. The number of hydrogen-bond acceptors (Lipinski definition) is 4. The lowest BCUT2D eigenvalue weighted by atomic mass is 10.1. The molecule has 0 saturated carbocycles. The number of rotatable bonds is 6. The Hall–Kier alpha value is -2.66. The minimum atomic E-state index is -0.682. The molecule has 1 amide bonds. The van der Waals surface area contributed by atoms with E-state index in [0.717, 1.165) is 31.4 Å². The normalized spacial score (nSPS) is 16.7. The van der Waals surface area contributed by atoms with Crippen molar-refractivity contribution in [2.75, 3.05) is 18.5 Å². The lowest BCUT2D eigenvalue weighted by Crippen LogP contribution is -2.26. The van der Waals surface area contributed by atoms with Gasteiger partial charge in [-0.2, -0.15) is 0 Å². The molecule has 2 aromatic rings. The lowest BCUT2D eigenvalue weighted by molar-refractivity contribution is -0.112. The average molecular weight is 353 g/mol. The molecule has 26 heavy (non-hydrogen) atoms. The van der Waals surface area contributed by atoms with Crippen molar-refractivity contribution in [1.82, 2.24) is 0 Å². The number of ether oxygens (including phenoxy) is 2. The molecule has 1 heterocycles. The Morgan fingerprint density at radius 1 is 1.12 bits per heavy atom. The number of Topliss-reactive ketones (excluding diaryl/α,β-unsaturated/α-hetero) is 1. The van der Waals surface area contributed by atoms with Crippen LogP contribution in [0.3, 0.4) is 0 Å². The third kappa shape index (κ3) is 4.70. The number of carbonyl (C=O) groups is 2. The first kappa shape index (κ1) is 18.1. The number of ketones is 1. The monoisotopic (exact) mass is 353 g/mol. The highest BCUT2D eigenvalue weighted by Gasteiger charge is 2.19. The summed E-state index contributed by atoms with van der Waals surface area (Å²) in [4.78, 5) is 24.6. The third-order valence-corrected chi connectivity index (χ3v) is 4.35. The highest BCUT2D eigenvalue weighted by molar-refractivity contribution is 6.46. The molecule has 1 aliphatic rings. The van der Waals surface area contributed by atoms with Crippen LogP contribution in [0.15, 0.2) is 48.5 Å². The lowest BCUT2D eigenvalue weighted by Gasteiger charge is -2.23. The summed E-state index contributed by atoms with van der Waals surface area (Å²) in [5.74, 6) is -0.721. The molecule has 1 saturated heterocycles. The second-order valence-corrected chi connectivity index (χ2v) is 6.45. The van der Waals surface area contributed by atoms with Gasteiger partial charge in [-0.3, -0.25) is 9.59 Å². The third-order valence-electron chi connectivity index (χ3n) is 4.35. The first-order valence-electron chi connectivity index (χ1n) is 8.89. The second-order valence-electron chi connectivity index (χ2n) is 6.45. The van der Waals surface area contributed by atoms with Crippen LogP contribution in [-0.2, 0) is 9.53 Å². The van der Waals surface area contributed by atoms with Crippen LogP contribution in [0.1, 0.15) is 35.2 Å². The van der Waals surface area contributed by atoms with E-state index >= 15 is 0 Å². The Bertz CT molecular complexity index is 764. The molecule has 0 aliphatic carbocycles. The number of benzene rings is 2. The van der Waals surface area contributed by atoms with Crippen LogP contribution < -0.4 is 10.1 Å². The van der Waals surface area contributed by atoms with Gasteiger partial charge >= 0.3 is 0 Å². The van der Waals surface area contributed by atoms with Crippen molar-refractivity contribution in [3.8, 4) is 5.75 Å². The van der Waals surface area contributed by atoms with Crippen LogP contribution >= 0.6 is 0 Å². The van der Waals surface area contributed by atoms with Gasteiger partial charge in [0.2, 0.25) is 0 Å². The first-order valence-corrected chi connectivity index (χ1v) is 8.89. The highest BCUT2D eigenvalue weighted by Crippen LogP contribution is 2.25. The van der Waals surface area contributed by atoms with Gasteiger partial charge in [-0.05, 0) is 38.3 Å². The van der Waals surface area contributed by atoms with Crippen molar-refractivity contribution < 1.29 is 19.1 Å². The molecular weight excluding hydrogens is 330 g/mol. The van der Waals surface area contributed by atoms with E-state index in [9.17, 15) is 9.59 Å². The van der Waals surface area contributed by atoms with E-state index in [4.69, 9.17) is 9.47 Å². The summed E-state index contributed by atoms with van der Waals surface area (Å²) in [7, 11) is 0. The molecule has 3 rings (SSSR count). The summed E-state index contributed by atoms with van der Waals surface area (Å²) >= 11 is 0. The van der Waals surface area contributed by atoms with Crippen molar-refractivity contribution in [2.45, 2.75) is 32.3 Å². The molecule has 2 aromatic carbocycles. The molecule has 136 valence electrons. The summed E-state index contributed by atoms with van der Waals surface area (Å²) < 4.78 is 11.5. The molecule has 1 N–H and O–H groups in total. The Labute approximate surface area is 153 Å². The second kappa shape index (κ2) is 8.63. The van der Waals surface area contributed by atoms with Crippen molar-refractivity contribution in [2.24, 2.45) is 0 Å². The number of amides is 1. The summed E-state index contributed by atoms with van der Waals surface area (Å²) in [5.41, 5.74) is 1.88. The van der Waals surface area contributed by atoms with E-state index in [1.54, 1.807) is 30.3 Å². The highest BCUT2D eigenvalue weighted by atomic mass is 16.5. The van der Waals surface area contributed by atoms with E-state index in [1.807, 2.05) is 25.1 Å². The van der Waals surface area contributed by atoms with E-state index in [2.05, 4.69) is 5.32 Å². The van der Waals surface area contributed by atoms with Crippen LogP contribution in [0.25, 0.3) is 0 Å². The number of hydrogen-bond donors (Lipinski definition) is 1. The van der Waals surface area contributed by atoms with Crippen molar-refractivity contribution in [1.29, 1.82) is 0 Å². The minimum Gasteiger partial charge on any atom is -0.489 e. The van der Waals surface area contributed by atoms with Crippen molar-refractivity contribution in [3.63, 3.8) is 0 Å². The summed E-state index contributed by atoms with van der Waals surface area (Å²) in [6.07, 6.45) is 3.27. The summed E-state index contributed by atoms with van der Waals surface area (Å²) in [6, 6.07) is 14.0. The molecule has 1 aliphatic heterocycles. The topological polar surface area (TPSA) is 64.6 Å². The van der Waals surface area contributed by atoms with Gasteiger partial charge in [0.15, 0.2) is 0 Å². The average Bonchev–Trinajstić information content (AvgIpc) is 2.68. The van der Waals surface area contributed by atoms with Gasteiger partial charge < -0.3 is 14.8 Å². The molecule has 0 radical (unpaired) electrons. The maximum Gasteiger partial charge on any atom is 0.296 e. The van der Waals surface area contributed by atoms with Crippen LogP contribution in [0.4, 0.5) is 5.69 Å². The fraction of sp³-hybridized carbons (Fsp3) is 0.333. The molecule has 0 bridgehead atoms. The van der Waals surface area contributed by atoms with Gasteiger partial charge in [0.05, 0.1) is 11.8 Å². The largest absolute Gasteiger partial charge is 0.489 e. The zero-order chi connectivity index (χ0) is 18.4. The zero-order valence-corrected chi connectivity index (χ0v) is 14.9. The van der Waals surface area contributed by atoms with Crippen molar-refractivity contribution >= 4 is 17.4 Å². The maximum atomic E-state index is 12.3. The van der Waals surface area contributed by atoms with Crippen molar-refractivity contribution in [3.05, 3.63) is 59.7 Å². The SMILES string of the molecule is Cc1ccc(C(=O)C(=O)Nc2ccccc2OC[C@@H]2CCCCO2)cc1. The van der Waals surface area contributed by atoms with Crippen LogP contribution in [0, 0.1) is 6.92 Å². The van der Waals surface area contributed by atoms with Gasteiger partial charge in [-0.15, -0.1) is 0 Å². The fourth-order valence-electron chi connectivity index (χ4n) is 2.83. The van der Waals surface area contributed by atoms with E-state index < -0.39 is 11.7 Å². The number of nitrogens with one attached hydrogen (secondary N) is 1. The van der Waals surface area contributed by atoms with Crippen LogP contribution in [-0.4, -0.2) is 31.0 Å². The number of anilines is 1. The maximum absolute atomic E-state index is 12.3. The predicted octanol–water partition coefficient (Wildman–Crippen LogP) is 3.76. The van der Waals surface area contributed by atoms with Gasteiger partial charge in [-0.1, -0.05) is 42.0 Å². The van der Waals surface area contributed by atoms with E-state index in [-0.39, 0.29) is 6.10 Å². The first-order chi connectivity index (χ1) is 12.6. The molecule has 0 aromatic heterocycles. The van der Waals surface area contributed by atoms with Gasteiger partial charge in [0.1, 0.15) is 12.4 Å². The van der Waals surface area contributed by atoms with Crippen LogP contribution in [0.2, 0.25) is 0 Å². The van der Waals surface area contributed by atoms with E-state index in [1.165, 1.54) is 0 Å². The Morgan fingerprint density at radius 3 is 2.62 bits per heavy atom. The van der Waals surface area contributed by atoms with E-state index in [0.29, 0.717) is 23.6 Å². The molecule has 0 unspecified atom stereocenters. The predicted molar refractivity (Wildman–Crippen MR) is 99.7 cm³/mol. The summed E-state index contributed by atoms with van der Waals surface area (Å²) in [5, 5.41) is 2.66. The molecule has 5 nitrogen and oxygen atoms in total. The van der Waals surface area contributed by atoms with Gasteiger partial charge in [0.25, 0.3) is 11.7 Å². The minimum absolute atomic E-state index is 0.0710. The fourth-order valence-corrected chi connectivity index (χ4v) is 2.83. The number of carbonyl (C=O) groups excluding carboxylic acids is 2. The van der Waals surface area contributed by atoms with Gasteiger partial charge in [0, 0.05) is 12.2 Å². The molecule has 1 fully saturated rings. The zero-order valence-electron chi connectivity index (χ0n) is 14.9. The summed E-state index contributed by atoms with van der Waals surface area (Å²) in [6.45, 7) is 3.12. The Kier molecular flexibility index (Phi) is 6.02. The quantitative estimate of drug-likeness (QED) is 0.634. The molecule has 5 heteroatoms. The smallest absolute Gasteiger partial charge is 0.296 e.